The van der Waals surface area contributed by atoms with Crippen molar-refractivity contribution < 1.29 is 33.8 Å². The Morgan fingerprint density at radius 3 is 2.70 bits per heavy atom. The van der Waals surface area contributed by atoms with Crippen molar-refractivity contribution in [2.75, 3.05) is 0 Å². The average molecular weight is 347 g/mol. The number of carbonyl (C=O) groups excluding carboxylic acids is 1. The minimum absolute atomic E-state index is 0.114. The Labute approximate surface area is 129 Å². The van der Waals surface area contributed by atoms with Crippen LogP contribution in [0.4, 0.5) is 4.79 Å². The van der Waals surface area contributed by atoms with Gasteiger partial charge in [0.25, 0.3) is 5.91 Å². The molecule has 1 aliphatic heterocycles. The number of aromatic hydroxyl groups is 1. The summed E-state index contributed by atoms with van der Waals surface area (Å²) in [6.45, 7) is 0.896. The first-order chi connectivity index (χ1) is 10.6. The Hall–Kier alpha value is -2.36. The second-order valence-corrected chi connectivity index (χ2v) is 6.49. The van der Waals surface area contributed by atoms with Crippen LogP contribution >= 0.6 is 7.75 Å². The van der Waals surface area contributed by atoms with Crippen molar-refractivity contribution >= 4 is 19.7 Å². The van der Waals surface area contributed by atoms with Crippen LogP contribution in [-0.2, 0) is 20.5 Å². The Balaban J connectivity index is 2.03. The zero-order valence-electron chi connectivity index (χ0n) is 11.8. The molecule has 23 heavy (non-hydrogen) atoms. The molecule has 0 saturated carbocycles. The van der Waals surface area contributed by atoms with Gasteiger partial charge < -0.3 is 25.4 Å². The van der Waals surface area contributed by atoms with Crippen LogP contribution in [0, 0.1) is 0 Å². The first-order valence-corrected chi connectivity index (χ1v) is 7.87. The molecule has 2 rings (SSSR count). The molecule has 1 aromatic heterocycles. The average Bonchev–Trinajstić information content (AvgIpc) is 2.46. The molecular weight excluding hydrogens is 333 g/mol. The molecule has 1 saturated heterocycles. The van der Waals surface area contributed by atoms with E-state index in [0.717, 1.165) is 12.3 Å². The molecule has 126 valence electrons. The van der Waals surface area contributed by atoms with Crippen molar-refractivity contribution in [1.29, 1.82) is 0 Å². The lowest BCUT2D eigenvalue weighted by molar-refractivity contribution is -0.143. The fourth-order valence-electron chi connectivity index (χ4n) is 2.08. The van der Waals surface area contributed by atoms with E-state index in [-0.39, 0.29) is 5.69 Å². The zero-order valence-corrected chi connectivity index (χ0v) is 12.7. The van der Waals surface area contributed by atoms with Gasteiger partial charge in [0, 0.05) is 18.0 Å². The van der Waals surface area contributed by atoms with Crippen LogP contribution < -0.4 is 10.7 Å². The molecule has 0 spiro atoms. The summed E-state index contributed by atoms with van der Waals surface area (Å²) < 4.78 is 17.4. The molecular formula is C11H14N3O8P. The Bertz CT molecular complexity index is 747. The number of amides is 2. The maximum atomic E-state index is 12.1. The quantitative estimate of drug-likeness (QED) is 0.353. The number of H-pyrrole nitrogens is 1. The summed E-state index contributed by atoms with van der Waals surface area (Å²) in [4.78, 5) is 45.8. The first kappa shape index (κ1) is 17.0. The molecule has 2 amide bonds. The Morgan fingerprint density at radius 2 is 2.17 bits per heavy atom. The minimum Gasteiger partial charge on any atom is -0.503 e. The number of carbonyl (C=O) groups is 2. The highest BCUT2D eigenvalue weighted by molar-refractivity contribution is 7.51. The van der Waals surface area contributed by atoms with Crippen LogP contribution in [0.2, 0.25) is 0 Å². The lowest BCUT2D eigenvalue weighted by atomic mass is 10.0. The zero-order chi connectivity index (χ0) is 17.4. The smallest absolute Gasteiger partial charge is 0.435 e. The second-order valence-electron chi connectivity index (χ2n) is 4.82. The van der Waals surface area contributed by atoms with Gasteiger partial charge in [-0.15, -0.1) is 0 Å². The van der Waals surface area contributed by atoms with Gasteiger partial charge in [0.1, 0.15) is 6.04 Å². The molecule has 0 bridgehead atoms. The lowest BCUT2D eigenvalue weighted by Crippen LogP contribution is -2.68. The van der Waals surface area contributed by atoms with Gasteiger partial charge >= 0.3 is 13.8 Å². The van der Waals surface area contributed by atoms with Crippen molar-refractivity contribution in [3.05, 3.63) is 28.2 Å². The van der Waals surface area contributed by atoms with Crippen LogP contribution in [-0.4, -0.2) is 48.8 Å². The Morgan fingerprint density at radius 1 is 1.52 bits per heavy atom. The molecule has 0 aliphatic carbocycles. The lowest BCUT2D eigenvalue weighted by Gasteiger charge is -2.45. The van der Waals surface area contributed by atoms with Crippen LogP contribution in [0.5, 0.6) is 5.75 Å². The third-order valence-electron chi connectivity index (χ3n) is 3.25. The number of hydrogen-bond acceptors (Lipinski definition) is 6. The van der Waals surface area contributed by atoms with Crippen molar-refractivity contribution in [1.82, 2.24) is 15.0 Å². The number of rotatable bonds is 5. The predicted octanol–water partition coefficient (Wildman–Crippen LogP) is -0.436. The maximum absolute atomic E-state index is 12.1. The highest BCUT2D eigenvalue weighted by atomic mass is 31.2. The van der Waals surface area contributed by atoms with E-state index < -0.39 is 49.6 Å². The van der Waals surface area contributed by atoms with Crippen molar-refractivity contribution in [3.8, 4) is 5.75 Å². The number of aromatic amines is 1. The van der Waals surface area contributed by atoms with Gasteiger partial charge in [-0.3, -0.25) is 14.1 Å². The highest BCUT2D eigenvalue weighted by Gasteiger charge is 2.54. The molecule has 1 fully saturated rings. The van der Waals surface area contributed by atoms with Gasteiger partial charge in [-0.05, 0) is 6.92 Å². The molecule has 1 unspecified atom stereocenters. The number of nitrogens with one attached hydrogen (secondary N) is 2. The summed E-state index contributed by atoms with van der Waals surface area (Å²) in [5.74, 6) is -1.40. The van der Waals surface area contributed by atoms with E-state index in [2.05, 4.69) is 4.98 Å². The van der Waals surface area contributed by atoms with E-state index >= 15 is 0 Å². The van der Waals surface area contributed by atoms with Crippen molar-refractivity contribution in [2.45, 2.75) is 25.6 Å². The number of β-lactam (4-membered cyclic amide) rings is 1. The number of aromatic nitrogens is 1. The van der Waals surface area contributed by atoms with Crippen molar-refractivity contribution in [3.63, 3.8) is 0 Å². The molecule has 3 atom stereocenters. The summed E-state index contributed by atoms with van der Waals surface area (Å²) in [6.07, 6.45) is -0.432. The van der Waals surface area contributed by atoms with E-state index in [9.17, 15) is 23.8 Å². The largest absolute Gasteiger partial charge is 0.503 e. The van der Waals surface area contributed by atoms with Gasteiger partial charge in [0.2, 0.25) is 5.43 Å². The van der Waals surface area contributed by atoms with E-state index in [1.54, 1.807) is 0 Å². The van der Waals surface area contributed by atoms with Crippen molar-refractivity contribution in [2.24, 2.45) is 0 Å². The fourth-order valence-corrected chi connectivity index (χ4v) is 3.48. The molecule has 12 heteroatoms. The molecule has 5 N–H and O–H groups in total. The third kappa shape index (κ3) is 3.36. The number of hydrogen-bond donors (Lipinski definition) is 5. The van der Waals surface area contributed by atoms with Gasteiger partial charge in [0.15, 0.2) is 5.75 Å². The topological polar surface area (TPSA) is 169 Å². The van der Waals surface area contributed by atoms with Crippen LogP contribution in [0.3, 0.4) is 0 Å². The van der Waals surface area contributed by atoms with Crippen LogP contribution in [0.15, 0.2) is 17.1 Å². The third-order valence-corrected chi connectivity index (χ3v) is 4.82. The van der Waals surface area contributed by atoms with Crippen LogP contribution in [0.25, 0.3) is 0 Å². The summed E-state index contributed by atoms with van der Waals surface area (Å²) in [5, 5.41) is 19.6. The summed E-state index contributed by atoms with van der Waals surface area (Å²) >= 11 is 0. The number of nitrogens with zero attached hydrogens (tertiary/aromatic N) is 1. The molecule has 0 radical (unpaired) electrons. The molecule has 0 aromatic carbocycles. The summed E-state index contributed by atoms with van der Waals surface area (Å²) in [5.41, 5.74) is -0.586. The fraction of sp³-hybridized carbons (Fsp3) is 0.364. The second kappa shape index (κ2) is 6.03. The summed E-state index contributed by atoms with van der Waals surface area (Å²) in [7, 11) is -4.52. The van der Waals surface area contributed by atoms with E-state index in [0.29, 0.717) is 4.67 Å². The minimum atomic E-state index is -4.52. The molecule has 2 heterocycles. The molecule has 1 aromatic rings. The van der Waals surface area contributed by atoms with Gasteiger partial charge in [0.05, 0.1) is 12.6 Å². The maximum Gasteiger partial charge on any atom is 0.435 e. The van der Waals surface area contributed by atoms with Gasteiger partial charge in [-0.1, -0.05) is 0 Å². The Kier molecular flexibility index (Phi) is 4.46. The van der Waals surface area contributed by atoms with E-state index in [1.165, 1.54) is 6.92 Å². The first-order valence-electron chi connectivity index (χ1n) is 6.34. The highest BCUT2D eigenvalue weighted by Crippen LogP contribution is 2.52. The normalized spacial score (nSPS) is 23.0. The number of carboxylic acid groups (broad SMARTS) is 1. The molecule has 1 aliphatic rings. The van der Waals surface area contributed by atoms with Crippen LogP contribution in [0.1, 0.15) is 12.6 Å². The van der Waals surface area contributed by atoms with E-state index in [1.807, 2.05) is 5.32 Å². The van der Waals surface area contributed by atoms with Gasteiger partial charge in [-0.2, -0.15) is 0 Å². The molecule has 11 nitrogen and oxygen atoms in total. The standard InChI is InChI=1S/C11H14N3O8P/c1-5-9(13-11(18)19)10(17)14(5)23(20,21)22-4-6-2-7(15)8(16)3-12-6/h2-3,5,9,13,16H,4H2,1H3,(H,12,15)(H,18,19)(H,20,21)/t5-,9-/m0/s1. The SMILES string of the molecule is C[C@H]1[C@H](NC(=O)O)C(=O)N1P(=O)(O)OCc1cc(=O)c(O)c[nH]1. The predicted molar refractivity (Wildman–Crippen MR) is 74.6 cm³/mol. The summed E-state index contributed by atoms with van der Waals surface area (Å²) in [6, 6.07) is -1.01. The van der Waals surface area contributed by atoms with Gasteiger partial charge in [-0.25, -0.2) is 14.0 Å². The monoisotopic (exact) mass is 347 g/mol. The number of pyridine rings is 1. The van der Waals surface area contributed by atoms with E-state index in [4.69, 9.17) is 14.7 Å².